The lowest BCUT2D eigenvalue weighted by Crippen LogP contribution is -2.33. The van der Waals surface area contributed by atoms with Crippen molar-refractivity contribution in [2.45, 2.75) is 39.2 Å². The lowest BCUT2D eigenvalue weighted by atomic mass is 9.94. The average Bonchev–Trinajstić information content (AvgIpc) is 2.77. The normalized spacial score (nSPS) is 17.8. The molecule has 0 bridgehead atoms. The van der Waals surface area contributed by atoms with Crippen LogP contribution in [-0.4, -0.2) is 39.3 Å². The standard InChI is InChI=1S/C18H21NO5/c1-10(2)12-4-6-13(7-5-12)16-15(11(3)20)17(23)18(24)19(16)9-8-14(21)22/h4-7,10,16,23H,8-9H2,1-3H3,(H,21,22)/t16-/m0/s1. The van der Waals surface area contributed by atoms with E-state index in [1.54, 1.807) is 0 Å². The number of carboxylic acid groups (broad SMARTS) is 1. The molecule has 24 heavy (non-hydrogen) atoms. The van der Waals surface area contributed by atoms with Gasteiger partial charge < -0.3 is 15.1 Å². The molecule has 1 atom stereocenters. The summed E-state index contributed by atoms with van der Waals surface area (Å²) in [5.74, 6) is -2.42. The predicted octanol–water partition coefficient (Wildman–Crippen LogP) is 2.57. The van der Waals surface area contributed by atoms with Crippen LogP contribution in [0.1, 0.15) is 50.3 Å². The smallest absolute Gasteiger partial charge is 0.305 e. The highest BCUT2D eigenvalue weighted by atomic mass is 16.4. The van der Waals surface area contributed by atoms with Crippen molar-refractivity contribution >= 4 is 17.7 Å². The highest BCUT2D eigenvalue weighted by Crippen LogP contribution is 2.38. The van der Waals surface area contributed by atoms with Gasteiger partial charge >= 0.3 is 5.97 Å². The first-order valence-electron chi connectivity index (χ1n) is 7.80. The number of aliphatic hydroxyl groups is 1. The number of aliphatic carboxylic acids is 1. The largest absolute Gasteiger partial charge is 0.503 e. The zero-order valence-corrected chi connectivity index (χ0v) is 13.9. The van der Waals surface area contributed by atoms with Crippen LogP contribution in [0, 0.1) is 0 Å². The van der Waals surface area contributed by atoms with Crippen LogP contribution in [0.25, 0.3) is 0 Å². The highest BCUT2D eigenvalue weighted by molar-refractivity contribution is 6.08. The van der Waals surface area contributed by atoms with Crippen molar-refractivity contribution in [1.82, 2.24) is 4.90 Å². The molecule has 6 heteroatoms. The third-order valence-corrected chi connectivity index (χ3v) is 4.17. The fourth-order valence-corrected chi connectivity index (χ4v) is 2.87. The third-order valence-electron chi connectivity index (χ3n) is 4.17. The van der Waals surface area contributed by atoms with Crippen LogP contribution < -0.4 is 0 Å². The van der Waals surface area contributed by atoms with Crippen LogP contribution in [0.15, 0.2) is 35.6 Å². The number of nitrogens with zero attached hydrogens (tertiary/aromatic N) is 1. The number of hydrogen-bond donors (Lipinski definition) is 2. The molecule has 1 amide bonds. The Morgan fingerprint density at radius 3 is 2.25 bits per heavy atom. The summed E-state index contributed by atoms with van der Waals surface area (Å²) in [7, 11) is 0. The molecule has 0 unspecified atom stereocenters. The van der Waals surface area contributed by atoms with E-state index >= 15 is 0 Å². The van der Waals surface area contributed by atoms with Crippen molar-refractivity contribution in [3.8, 4) is 0 Å². The Bertz CT molecular complexity index is 703. The second-order valence-corrected chi connectivity index (χ2v) is 6.18. The van der Waals surface area contributed by atoms with E-state index in [-0.39, 0.29) is 18.5 Å². The fourth-order valence-electron chi connectivity index (χ4n) is 2.87. The number of rotatable bonds is 6. The summed E-state index contributed by atoms with van der Waals surface area (Å²) in [6.45, 7) is 5.32. The maximum absolute atomic E-state index is 12.3. The molecule has 0 aliphatic carbocycles. The van der Waals surface area contributed by atoms with Crippen molar-refractivity contribution in [3.05, 3.63) is 46.7 Å². The van der Waals surface area contributed by atoms with E-state index in [1.165, 1.54) is 11.8 Å². The summed E-state index contributed by atoms with van der Waals surface area (Å²) in [5.41, 5.74) is 1.80. The molecule has 0 radical (unpaired) electrons. The summed E-state index contributed by atoms with van der Waals surface area (Å²) in [6, 6.07) is 6.68. The highest BCUT2D eigenvalue weighted by Gasteiger charge is 2.42. The van der Waals surface area contributed by atoms with Gasteiger partial charge in [-0.15, -0.1) is 0 Å². The molecular formula is C18H21NO5. The summed E-state index contributed by atoms with van der Waals surface area (Å²) >= 11 is 0. The maximum atomic E-state index is 12.3. The van der Waals surface area contributed by atoms with Crippen molar-refractivity contribution in [3.63, 3.8) is 0 Å². The second kappa shape index (κ2) is 6.86. The van der Waals surface area contributed by atoms with Gasteiger partial charge in [-0.3, -0.25) is 14.4 Å². The van der Waals surface area contributed by atoms with E-state index in [0.717, 1.165) is 5.56 Å². The molecule has 0 saturated heterocycles. The lowest BCUT2D eigenvalue weighted by molar-refractivity contribution is -0.138. The van der Waals surface area contributed by atoms with E-state index < -0.39 is 29.5 Å². The quantitative estimate of drug-likeness (QED) is 0.835. The SMILES string of the molecule is CC(=O)C1=C(O)C(=O)N(CCC(=O)O)[C@H]1c1ccc(C(C)C)cc1. The molecule has 0 saturated carbocycles. The number of Topliss-reactive ketones (excluding diaryl/α,β-unsaturated/α-hetero) is 1. The number of carbonyl (C=O) groups excluding carboxylic acids is 2. The van der Waals surface area contributed by atoms with Gasteiger partial charge in [-0.25, -0.2) is 0 Å². The number of ketones is 1. The average molecular weight is 331 g/mol. The Labute approximate surface area is 140 Å². The Kier molecular flexibility index (Phi) is 5.07. The lowest BCUT2D eigenvalue weighted by Gasteiger charge is -2.26. The molecule has 1 aliphatic rings. The van der Waals surface area contributed by atoms with E-state index in [9.17, 15) is 19.5 Å². The van der Waals surface area contributed by atoms with Crippen molar-refractivity contribution in [2.75, 3.05) is 6.54 Å². The minimum atomic E-state index is -1.05. The summed E-state index contributed by atoms with van der Waals surface area (Å²) < 4.78 is 0. The van der Waals surface area contributed by atoms with Gasteiger partial charge in [0.15, 0.2) is 11.5 Å². The fraction of sp³-hybridized carbons (Fsp3) is 0.389. The molecule has 0 fully saturated rings. The van der Waals surface area contributed by atoms with Crippen molar-refractivity contribution < 1.29 is 24.6 Å². The van der Waals surface area contributed by atoms with Gasteiger partial charge in [-0.05, 0) is 24.0 Å². The minimum absolute atomic E-state index is 0.0164. The molecule has 1 heterocycles. The maximum Gasteiger partial charge on any atom is 0.305 e. The van der Waals surface area contributed by atoms with Crippen LogP contribution in [-0.2, 0) is 14.4 Å². The third kappa shape index (κ3) is 3.32. The molecule has 1 aromatic rings. The number of hydrogen-bond acceptors (Lipinski definition) is 4. The monoisotopic (exact) mass is 331 g/mol. The number of benzene rings is 1. The number of carbonyl (C=O) groups is 3. The van der Waals surface area contributed by atoms with Crippen LogP contribution >= 0.6 is 0 Å². The van der Waals surface area contributed by atoms with E-state index in [0.29, 0.717) is 11.5 Å². The molecule has 1 aliphatic heterocycles. The van der Waals surface area contributed by atoms with Crippen LogP contribution in [0.5, 0.6) is 0 Å². The summed E-state index contributed by atoms with van der Waals surface area (Å²) in [6.07, 6.45) is -0.259. The first kappa shape index (κ1) is 17.7. The minimum Gasteiger partial charge on any atom is -0.503 e. The molecule has 1 aromatic carbocycles. The Morgan fingerprint density at radius 1 is 1.21 bits per heavy atom. The molecule has 2 N–H and O–H groups in total. The summed E-state index contributed by atoms with van der Waals surface area (Å²) in [4.78, 5) is 36.3. The van der Waals surface area contributed by atoms with E-state index in [4.69, 9.17) is 5.11 Å². The van der Waals surface area contributed by atoms with Gasteiger partial charge in [0.2, 0.25) is 0 Å². The number of carboxylic acids is 1. The van der Waals surface area contributed by atoms with Crippen molar-refractivity contribution in [1.29, 1.82) is 0 Å². The zero-order chi connectivity index (χ0) is 18.0. The second-order valence-electron chi connectivity index (χ2n) is 6.18. The first-order valence-corrected chi connectivity index (χ1v) is 7.80. The Morgan fingerprint density at radius 2 is 1.79 bits per heavy atom. The van der Waals surface area contributed by atoms with Gasteiger partial charge in [0.1, 0.15) is 0 Å². The Hall–Kier alpha value is -2.63. The van der Waals surface area contributed by atoms with Gasteiger partial charge in [-0.2, -0.15) is 0 Å². The van der Waals surface area contributed by atoms with Crippen LogP contribution in [0.2, 0.25) is 0 Å². The molecule has 0 aromatic heterocycles. The van der Waals surface area contributed by atoms with Crippen LogP contribution in [0.3, 0.4) is 0 Å². The van der Waals surface area contributed by atoms with Gasteiger partial charge in [0.05, 0.1) is 18.0 Å². The zero-order valence-electron chi connectivity index (χ0n) is 13.9. The van der Waals surface area contributed by atoms with Gasteiger partial charge in [0.25, 0.3) is 5.91 Å². The van der Waals surface area contributed by atoms with Gasteiger partial charge in [-0.1, -0.05) is 38.1 Å². The van der Waals surface area contributed by atoms with Crippen molar-refractivity contribution in [2.24, 2.45) is 0 Å². The number of aliphatic hydroxyl groups excluding tert-OH is 1. The topological polar surface area (TPSA) is 94.9 Å². The first-order chi connectivity index (χ1) is 11.2. The van der Waals surface area contributed by atoms with Gasteiger partial charge in [0, 0.05) is 6.54 Å². The molecular weight excluding hydrogens is 310 g/mol. The van der Waals surface area contributed by atoms with E-state index in [2.05, 4.69) is 13.8 Å². The Balaban J connectivity index is 2.44. The number of amides is 1. The molecule has 2 rings (SSSR count). The summed E-state index contributed by atoms with van der Waals surface area (Å²) in [5, 5.41) is 18.9. The predicted molar refractivity (Wildman–Crippen MR) is 87.6 cm³/mol. The molecule has 128 valence electrons. The molecule has 6 nitrogen and oxygen atoms in total. The van der Waals surface area contributed by atoms with E-state index in [1.807, 2.05) is 24.3 Å². The molecule has 0 spiro atoms. The van der Waals surface area contributed by atoms with Crippen LogP contribution in [0.4, 0.5) is 0 Å².